The Kier molecular flexibility index (Phi) is 15.6. The van der Waals surface area contributed by atoms with Gasteiger partial charge in [-0.3, -0.25) is 0 Å². The van der Waals surface area contributed by atoms with Crippen molar-refractivity contribution in [3.8, 4) is 100 Å². The van der Waals surface area contributed by atoms with Crippen LogP contribution in [-0.2, 0) is 16.2 Å². The Balaban J connectivity index is 0.872. The van der Waals surface area contributed by atoms with Gasteiger partial charge in [0.25, 0.3) is 6.71 Å². The lowest BCUT2D eigenvalue weighted by molar-refractivity contribution is 0.590. The average molecular weight is 1740 g/mol. The van der Waals surface area contributed by atoms with Gasteiger partial charge in [-0.2, -0.15) is 0 Å². The fourth-order valence-electron chi connectivity index (χ4n) is 21.1. The first-order chi connectivity index (χ1) is 71.7. The highest BCUT2D eigenvalue weighted by molar-refractivity contribution is 7.00. The van der Waals surface area contributed by atoms with Gasteiger partial charge in [-0.05, 0) is 268 Å². The lowest BCUT2D eigenvalue weighted by Gasteiger charge is -2.47. The standard InChI is InChI=1S/C130H99BN4/c1-128(2,3)98-74-111(84-36-18-12-19-37-84)126(113(76-98)96-58-62-105-94(70-96)54-52-86-40-22-24-46-103(86)105)134-121-80-101(132-117-50-28-26-48-107(117)109-64-56-92(72-119(109)132)90-44-30-42-88(68-90)82-32-14-10-15-33-82)60-66-115(121)131-116-67-61-102(133-118-51-29-27-49-108(118)110-65-57-93(73-120(110)133)91-45-31-43-89(69-91)83-34-16-11-17-35-83)81-122(116)135(124-79-100(130(7,8)9)78-123(134)125(124)131)127-112(85-38-20-13-21-39-85)75-99(129(4,5)6)77-114(127)97-59-63-106-95(71-97)55-53-87-41-23-25-47-104(87)106/h10-81H,1-9H3/i26D,27D,28D,29D,48D,49D,50D,51D,56D,57D,64D,65D,72D,73D. The molecular formula is C130H99BN4. The molecule has 0 amide bonds. The zero-order chi connectivity index (χ0) is 103. The molecule has 0 spiro atoms. The average Bonchev–Trinajstić information content (AvgIpc) is 1.51. The van der Waals surface area contributed by atoms with Crippen molar-refractivity contribution < 1.29 is 19.2 Å². The maximum Gasteiger partial charge on any atom is 0.252 e. The lowest BCUT2D eigenvalue weighted by Crippen LogP contribution is -2.61. The van der Waals surface area contributed by atoms with Crippen LogP contribution in [0.4, 0.5) is 34.1 Å². The van der Waals surface area contributed by atoms with Crippen LogP contribution in [0.25, 0.3) is 187 Å². The van der Waals surface area contributed by atoms with Gasteiger partial charge in [-0.15, -0.1) is 0 Å². The van der Waals surface area contributed by atoms with E-state index in [9.17, 15) is 19.2 Å². The minimum absolute atomic E-state index is 0.00926. The number of hydrogen-bond acceptors (Lipinski definition) is 2. The smallest absolute Gasteiger partial charge is 0.252 e. The summed E-state index contributed by atoms with van der Waals surface area (Å²) in [6.07, 6.45) is 0. The maximum absolute atomic E-state index is 11.0. The molecule has 0 atom stereocenters. The van der Waals surface area contributed by atoms with Crippen molar-refractivity contribution in [2.75, 3.05) is 9.80 Å². The predicted molar refractivity (Wildman–Crippen MR) is 579 cm³/mol. The molecule has 0 radical (unpaired) electrons. The van der Waals surface area contributed by atoms with Gasteiger partial charge in [0.15, 0.2) is 0 Å². The van der Waals surface area contributed by atoms with Crippen molar-refractivity contribution in [3.63, 3.8) is 0 Å². The molecule has 0 saturated carbocycles. The van der Waals surface area contributed by atoms with Crippen LogP contribution in [0.2, 0.25) is 0 Å². The van der Waals surface area contributed by atoms with Gasteiger partial charge in [-0.1, -0.05) is 390 Å². The molecule has 2 aliphatic rings. The van der Waals surface area contributed by atoms with Gasteiger partial charge in [0.2, 0.25) is 0 Å². The topological polar surface area (TPSA) is 16.3 Å². The van der Waals surface area contributed by atoms with Crippen molar-refractivity contribution in [2.24, 2.45) is 0 Å². The SMILES string of the molecule is [2H]c1c([2H])c([2H])c2c(c1[2H])c1c([2H])c([2H])c(-c3cccc(-c4ccccc4)c3)c([2H])c1n2-c1ccc2c(c1)N(c1c(-c3ccccc3)cc(C(C)(C)C)cc1-c1ccc3c(ccc4ccccc43)c1)c1cc(C(C)(C)C)cc3c1B2c1ccc(-n2c4c([2H])c([2H])c([2H])c([2H])c4c4c([2H])c([2H])c(-c5cccc(-c6ccccc6)c5)c([2H])c42)cc1N3c1c(-c2ccccc2)cc(C(C)(C)C)cc1-c1ccc2c(ccc3ccccc32)c1. The number of fused-ring (bicyclic) bond motifs is 16. The van der Waals surface area contributed by atoms with E-state index in [2.05, 4.69) is 291 Å². The molecule has 2 aliphatic heterocycles. The maximum atomic E-state index is 11.0. The third kappa shape index (κ3) is 13.6. The number of aromatic nitrogens is 2. The van der Waals surface area contributed by atoms with Crippen LogP contribution in [0.5, 0.6) is 0 Å². The zero-order valence-electron chi connectivity index (χ0n) is 90.4. The molecule has 0 fully saturated rings. The van der Waals surface area contributed by atoms with E-state index in [-0.39, 0.29) is 91.0 Å². The van der Waals surface area contributed by atoms with Crippen LogP contribution < -0.4 is 26.2 Å². The molecular weight excluding hydrogens is 1630 g/mol. The van der Waals surface area contributed by atoms with Crippen LogP contribution in [0, 0.1) is 0 Å². The molecule has 0 N–H and O–H groups in total. The van der Waals surface area contributed by atoms with Gasteiger partial charge in [0.05, 0.1) is 52.6 Å². The van der Waals surface area contributed by atoms with Crippen LogP contribution in [0.15, 0.2) is 436 Å². The van der Waals surface area contributed by atoms with E-state index in [1.54, 1.807) is 9.13 Å². The fourth-order valence-corrected chi connectivity index (χ4v) is 21.1. The second-order valence-corrected chi connectivity index (χ2v) is 39.2. The quantitative estimate of drug-likeness (QED) is 0.0895. The minimum Gasteiger partial charge on any atom is -0.310 e. The van der Waals surface area contributed by atoms with Crippen molar-refractivity contribution in [1.29, 1.82) is 0 Å². The molecule has 21 aromatic carbocycles. The Bertz CT molecular complexity index is 9180. The summed E-state index contributed by atoms with van der Waals surface area (Å²) in [5.41, 5.74) is 21.0. The molecule has 0 aliphatic carbocycles. The van der Waals surface area contributed by atoms with Gasteiger partial charge >= 0.3 is 0 Å². The van der Waals surface area contributed by atoms with Crippen molar-refractivity contribution in [1.82, 2.24) is 9.13 Å². The number of para-hydroxylation sites is 2. The van der Waals surface area contributed by atoms with Gasteiger partial charge in [0.1, 0.15) is 0 Å². The molecule has 23 aromatic rings. The Morgan fingerprint density at radius 3 is 0.963 bits per heavy atom. The monoisotopic (exact) mass is 1740 g/mol. The molecule has 0 saturated heterocycles. The summed E-state index contributed by atoms with van der Waals surface area (Å²) >= 11 is 0. The number of nitrogens with zero attached hydrogens (tertiary/aromatic N) is 4. The van der Waals surface area contributed by atoms with E-state index < -0.39 is 71.3 Å². The van der Waals surface area contributed by atoms with Gasteiger partial charge < -0.3 is 18.9 Å². The van der Waals surface area contributed by atoms with E-state index >= 15 is 0 Å². The van der Waals surface area contributed by atoms with Crippen molar-refractivity contribution in [3.05, 3.63) is 453 Å². The van der Waals surface area contributed by atoms with E-state index in [1.807, 2.05) is 133 Å². The Morgan fingerprint density at radius 1 is 0.222 bits per heavy atom. The molecule has 0 bridgehead atoms. The second-order valence-electron chi connectivity index (χ2n) is 39.2. The van der Waals surface area contributed by atoms with Crippen LogP contribution in [-0.4, -0.2) is 15.8 Å². The zero-order valence-corrected chi connectivity index (χ0v) is 76.4. The summed E-state index contributed by atoms with van der Waals surface area (Å²) in [5.74, 6) is 0. The molecule has 5 heteroatoms. The molecule has 4 heterocycles. The third-order valence-corrected chi connectivity index (χ3v) is 27.9. The number of hydrogen-bond donors (Lipinski definition) is 0. The minimum atomic E-state index is -0.805. The molecule has 642 valence electrons. The molecule has 135 heavy (non-hydrogen) atoms. The number of anilines is 6. The van der Waals surface area contributed by atoms with Crippen molar-refractivity contribution in [2.45, 2.75) is 78.6 Å². The highest BCUT2D eigenvalue weighted by atomic mass is 15.2. The predicted octanol–water partition coefficient (Wildman–Crippen LogP) is 33.8. The first kappa shape index (κ1) is 67.2. The van der Waals surface area contributed by atoms with Gasteiger partial charge in [0, 0.05) is 77.9 Å². The molecule has 2 aromatic heterocycles. The summed E-state index contributed by atoms with van der Waals surface area (Å²) in [6, 6.07) is 117. The Hall–Kier alpha value is -16.1. The Labute approximate surface area is 809 Å². The highest BCUT2D eigenvalue weighted by Gasteiger charge is 2.47. The lowest BCUT2D eigenvalue weighted by atomic mass is 9.33. The van der Waals surface area contributed by atoms with E-state index in [4.69, 9.17) is 0 Å². The van der Waals surface area contributed by atoms with Crippen LogP contribution >= 0.6 is 0 Å². The van der Waals surface area contributed by atoms with Crippen molar-refractivity contribution >= 4 is 144 Å². The fraction of sp³-hybridized carbons (Fsp3) is 0.0923. The van der Waals surface area contributed by atoms with E-state index in [1.165, 1.54) is 0 Å². The summed E-state index contributed by atoms with van der Waals surface area (Å²) in [6.45, 7) is 19.4. The van der Waals surface area contributed by atoms with E-state index in [0.717, 1.165) is 166 Å². The third-order valence-electron chi connectivity index (χ3n) is 27.9. The molecule has 4 nitrogen and oxygen atoms in total. The normalized spacial score (nSPS) is 14.2. The number of benzene rings is 21. The van der Waals surface area contributed by atoms with Crippen LogP contribution in [0.3, 0.4) is 0 Å². The largest absolute Gasteiger partial charge is 0.310 e. The molecule has 0 unspecified atom stereocenters. The van der Waals surface area contributed by atoms with Crippen LogP contribution in [0.1, 0.15) is 98.2 Å². The summed E-state index contributed by atoms with van der Waals surface area (Å²) in [7, 11) is 0. The summed E-state index contributed by atoms with van der Waals surface area (Å²) < 4.78 is 147. The highest BCUT2D eigenvalue weighted by Crippen LogP contribution is 2.57. The van der Waals surface area contributed by atoms with E-state index in [0.29, 0.717) is 33.9 Å². The summed E-state index contributed by atoms with van der Waals surface area (Å²) in [5, 5.41) is 8.63. The first-order valence-electron chi connectivity index (χ1n) is 53.5. The van der Waals surface area contributed by atoms with Gasteiger partial charge in [-0.25, -0.2) is 0 Å². The summed E-state index contributed by atoms with van der Waals surface area (Å²) in [4.78, 5) is 4.89. The number of rotatable bonds is 12. The Morgan fingerprint density at radius 2 is 0.556 bits per heavy atom. The first-order valence-corrected chi connectivity index (χ1v) is 46.5. The second kappa shape index (κ2) is 31.3. The molecule has 25 rings (SSSR count).